The lowest BCUT2D eigenvalue weighted by Gasteiger charge is -2.13. The van der Waals surface area contributed by atoms with Crippen LogP contribution in [0.5, 0.6) is 5.75 Å². The molecule has 0 aromatic heterocycles. The van der Waals surface area contributed by atoms with Crippen LogP contribution in [0.25, 0.3) is 0 Å². The van der Waals surface area contributed by atoms with E-state index in [1.54, 1.807) is 0 Å². The number of aliphatic imine (C=N–C) groups is 1. The topological polar surface area (TPSA) is 79.8 Å². The molecule has 0 bridgehead atoms. The minimum absolute atomic E-state index is 0. The maximum absolute atomic E-state index is 13.7. The summed E-state index contributed by atoms with van der Waals surface area (Å²) in [6.07, 6.45) is 7.10. The third-order valence-corrected chi connectivity index (χ3v) is 5.12. The number of nitrogens with one attached hydrogen (secondary N) is 2. The molecule has 0 aliphatic carbocycles. The van der Waals surface area contributed by atoms with Crippen LogP contribution in [0.3, 0.4) is 0 Å². The van der Waals surface area contributed by atoms with Gasteiger partial charge in [0.1, 0.15) is 18.2 Å². The van der Waals surface area contributed by atoms with Gasteiger partial charge in [0.05, 0.1) is 12.3 Å². The van der Waals surface area contributed by atoms with Crippen molar-refractivity contribution in [3.8, 4) is 18.1 Å². The van der Waals surface area contributed by atoms with Crippen LogP contribution in [0.1, 0.15) is 23.6 Å². The molecule has 9 heteroatoms. The van der Waals surface area contributed by atoms with Crippen molar-refractivity contribution in [1.82, 2.24) is 10.6 Å². The predicted octanol–water partition coefficient (Wildman–Crippen LogP) is 3.30. The fraction of sp³-hybridized carbons (Fsp3) is 0.348. The molecule has 2 aromatic rings. The molecule has 0 aliphatic rings. The summed E-state index contributed by atoms with van der Waals surface area (Å²) in [7, 11) is -3.24. The third-order valence-electron chi connectivity index (χ3n) is 4.29. The maximum atomic E-state index is 13.7. The van der Waals surface area contributed by atoms with Crippen molar-refractivity contribution in [2.24, 2.45) is 4.99 Å². The van der Waals surface area contributed by atoms with Crippen LogP contribution in [0.4, 0.5) is 4.39 Å². The second kappa shape index (κ2) is 14.0. The van der Waals surface area contributed by atoms with Crippen LogP contribution < -0.4 is 15.4 Å². The van der Waals surface area contributed by atoms with Crippen molar-refractivity contribution >= 4 is 39.8 Å². The van der Waals surface area contributed by atoms with E-state index in [4.69, 9.17) is 11.2 Å². The van der Waals surface area contributed by atoms with Crippen LogP contribution in [0.15, 0.2) is 47.5 Å². The van der Waals surface area contributed by atoms with Gasteiger partial charge >= 0.3 is 0 Å². The average Bonchev–Trinajstić information content (AvgIpc) is 2.72. The Balaban J connectivity index is 0.00000512. The van der Waals surface area contributed by atoms with Gasteiger partial charge in [0.25, 0.3) is 0 Å². The van der Waals surface area contributed by atoms with Gasteiger partial charge in [-0.2, -0.15) is 0 Å². The summed E-state index contributed by atoms with van der Waals surface area (Å²) in [4.78, 5) is 4.49. The molecule has 0 atom stereocenters. The van der Waals surface area contributed by atoms with Crippen molar-refractivity contribution in [2.75, 3.05) is 26.0 Å². The molecular formula is C23H29FIN3O3S. The van der Waals surface area contributed by atoms with Gasteiger partial charge in [-0.3, -0.25) is 0 Å². The highest BCUT2D eigenvalue weighted by Gasteiger charge is 2.11. The molecule has 174 valence electrons. The Hall–Kier alpha value is -2.32. The zero-order valence-electron chi connectivity index (χ0n) is 18.2. The molecule has 2 N–H and O–H groups in total. The number of hydrogen-bond donors (Lipinski definition) is 2. The third kappa shape index (κ3) is 10.3. The molecule has 0 heterocycles. The highest BCUT2D eigenvalue weighted by atomic mass is 127. The Morgan fingerprint density at radius 2 is 1.88 bits per heavy atom. The van der Waals surface area contributed by atoms with Gasteiger partial charge in [-0.15, -0.1) is 30.4 Å². The SMILES string of the molecule is C#CCOc1ccc(CCNC(=NCc2cc(F)ccc2CS(C)(=O)=O)NCC)cc1.I. The first kappa shape index (κ1) is 27.7. The van der Waals surface area contributed by atoms with Crippen molar-refractivity contribution in [3.05, 3.63) is 65.0 Å². The van der Waals surface area contributed by atoms with Crippen molar-refractivity contribution in [1.29, 1.82) is 0 Å². The summed E-state index contributed by atoms with van der Waals surface area (Å²) in [6.45, 7) is 3.64. The van der Waals surface area contributed by atoms with Crippen molar-refractivity contribution < 1.29 is 17.5 Å². The predicted molar refractivity (Wildman–Crippen MR) is 138 cm³/mol. The largest absolute Gasteiger partial charge is 0.481 e. The van der Waals surface area contributed by atoms with E-state index in [1.165, 1.54) is 18.2 Å². The first-order valence-electron chi connectivity index (χ1n) is 9.93. The number of rotatable bonds is 10. The zero-order chi connectivity index (χ0) is 22.7. The second-order valence-corrected chi connectivity index (χ2v) is 9.13. The van der Waals surface area contributed by atoms with E-state index in [2.05, 4.69) is 21.5 Å². The minimum atomic E-state index is -3.24. The monoisotopic (exact) mass is 573 g/mol. The Kier molecular flexibility index (Phi) is 12.1. The molecule has 6 nitrogen and oxygen atoms in total. The van der Waals surface area contributed by atoms with Crippen LogP contribution in [0, 0.1) is 18.2 Å². The number of sulfone groups is 1. The molecule has 0 aliphatic heterocycles. The molecule has 0 unspecified atom stereocenters. The van der Waals surface area contributed by atoms with E-state index >= 15 is 0 Å². The minimum Gasteiger partial charge on any atom is -0.481 e. The van der Waals surface area contributed by atoms with E-state index < -0.39 is 15.7 Å². The van der Waals surface area contributed by atoms with E-state index in [1.807, 2.05) is 31.2 Å². The van der Waals surface area contributed by atoms with E-state index in [0.717, 1.165) is 24.0 Å². The lowest BCUT2D eigenvalue weighted by Crippen LogP contribution is -2.38. The molecule has 0 saturated carbocycles. The maximum Gasteiger partial charge on any atom is 0.191 e. The van der Waals surface area contributed by atoms with Gasteiger partial charge in [-0.1, -0.05) is 24.1 Å². The number of guanidine groups is 1. The highest BCUT2D eigenvalue weighted by molar-refractivity contribution is 14.0. The molecule has 0 radical (unpaired) electrons. The molecule has 0 amide bonds. The van der Waals surface area contributed by atoms with Gasteiger partial charge in [-0.05, 0) is 54.3 Å². The van der Waals surface area contributed by atoms with Gasteiger partial charge in [0.15, 0.2) is 15.8 Å². The zero-order valence-corrected chi connectivity index (χ0v) is 21.4. The fourth-order valence-corrected chi connectivity index (χ4v) is 3.72. The summed E-state index contributed by atoms with van der Waals surface area (Å²) in [6, 6.07) is 11.8. The summed E-state index contributed by atoms with van der Waals surface area (Å²) >= 11 is 0. The smallest absolute Gasteiger partial charge is 0.191 e. The van der Waals surface area contributed by atoms with Crippen LogP contribution in [0.2, 0.25) is 0 Å². The molecule has 0 fully saturated rings. The summed E-state index contributed by atoms with van der Waals surface area (Å²) in [5.74, 6) is 3.16. The summed E-state index contributed by atoms with van der Waals surface area (Å²) in [5, 5.41) is 6.38. The Morgan fingerprint density at radius 1 is 1.16 bits per heavy atom. The molecule has 0 saturated heterocycles. The standard InChI is InChI=1S/C23H28FN3O3S.HI/c1-4-14-30-22-10-6-18(7-11-22)12-13-26-23(25-5-2)27-16-20-15-21(24)9-8-19(20)17-31(3,28)29;/h1,6-11,15H,5,12-14,16-17H2,2-3H3,(H2,25,26,27);1H. The van der Waals surface area contributed by atoms with Gasteiger partial charge < -0.3 is 15.4 Å². The number of nitrogens with zero attached hydrogens (tertiary/aromatic N) is 1. The van der Waals surface area contributed by atoms with Crippen LogP contribution in [-0.4, -0.2) is 40.3 Å². The van der Waals surface area contributed by atoms with E-state index in [9.17, 15) is 12.8 Å². The van der Waals surface area contributed by atoms with E-state index in [0.29, 0.717) is 30.2 Å². The first-order valence-corrected chi connectivity index (χ1v) is 12.0. The van der Waals surface area contributed by atoms with E-state index in [-0.39, 0.29) is 42.9 Å². The Labute approximate surface area is 207 Å². The summed E-state index contributed by atoms with van der Waals surface area (Å²) in [5.41, 5.74) is 2.22. The number of halogens is 2. The lowest BCUT2D eigenvalue weighted by molar-refractivity contribution is 0.370. The molecular weight excluding hydrogens is 544 g/mol. The van der Waals surface area contributed by atoms with Gasteiger partial charge in [-0.25, -0.2) is 17.8 Å². The average molecular weight is 573 g/mol. The van der Waals surface area contributed by atoms with Gasteiger partial charge in [0, 0.05) is 19.3 Å². The number of hydrogen-bond acceptors (Lipinski definition) is 4. The molecule has 2 aromatic carbocycles. The number of ether oxygens (including phenoxy) is 1. The number of terminal acetylenes is 1. The quantitative estimate of drug-likeness (QED) is 0.198. The second-order valence-electron chi connectivity index (χ2n) is 6.99. The Morgan fingerprint density at radius 3 is 2.50 bits per heavy atom. The first-order chi connectivity index (χ1) is 14.8. The highest BCUT2D eigenvalue weighted by Crippen LogP contribution is 2.16. The fourth-order valence-electron chi connectivity index (χ4n) is 2.87. The van der Waals surface area contributed by atoms with Crippen LogP contribution in [-0.2, 0) is 28.6 Å². The number of benzene rings is 2. The molecule has 2 rings (SSSR count). The molecule has 0 spiro atoms. The Bertz CT molecular complexity index is 1040. The van der Waals surface area contributed by atoms with Crippen LogP contribution >= 0.6 is 24.0 Å². The normalized spacial score (nSPS) is 11.2. The molecule has 32 heavy (non-hydrogen) atoms. The summed E-state index contributed by atoms with van der Waals surface area (Å²) < 4.78 is 42.4. The lowest BCUT2D eigenvalue weighted by atomic mass is 10.1. The van der Waals surface area contributed by atoms with Crippen molar-refractivity contribution in [3.63, 3.8) is 0 Å². The van der Waals surface area contributed by atoms with Gasteiger partial charge in [0.2, 0.25) is 0 Å². The van der Waals surface area contributed by atoms with Crippen molar-refractivity contribution in [2.45, 2.75) is 25.6 Å².